The Balaban J connectivity index is 1.68. The second-order valence-corrected chi connectivity index (χ2v) is 5.83. The number of methoxy groups -OCH3 is 1. The van der Waals surface area contributed by atoms with Crippen molar-refractivity contribution in [3.63, 3.8) is 0 Å². The second kappa shape index (κ2) is 9.18. The number of hydrogen-bond acceptors (Lipinski definition) is 4. The topological polar surface area (TPSA) is 56.5 Å². The van der Waals surface area contributed by atoms with Gasteiger partial charge in [0, 0.05) is 26.3 Å². The lowest BCUT2D eigenvalue weighted by molar-refractivity contribution is 0.0477. The van der Waals surface area contributed by atoms with Crippen molar-refractivity contribution in [2.45, 2.75) is 57.1 Å². The average Bonchev–Trinajstić information content (AvgIpc) is 2.96. The first-order valence-electron chi connectivity index (χ1n) is 8.08. The summed E-state index contributed by atoms with van der Waals surface area (Å²) in [5, 5.41) is 14.6. The molecule has 0 aliphatic heterocycles. The summed E-state index contributed by atoms with van der Waals surface area (Å²) < 4.78 is 12.4. The van der Waals surface area contributed by atoms with Crippen molar-refractivity contribution in [2.24, 2.45) is 0 Å². The lowest BCUT2D eigenvalue weighted by atomic mass is 9.96. The van der Waals surface area contributed by atoms with E-state index in [9.17, 15) is 5.11 Å². The number of hydrogen-bond donors (Lipinski definition) is 1. The molecule has 1 heterocycles. The Morgan fingerprint density at radius 1 is 1.29 bits per heavy atom. The zero-order valence-corrected chi connectivity index (χ0v) is 13.0. The van der Waals surface area contributed by atoms with Crippen LogP contribution in [0.5, 0.6) is 0 Å². The Labute approximate surface area is 127 Å². The molecular weight excluding hydrogens is 268 g/mol. The van der Waals surface area contributed by atoms with E-state index in [1.807, 2.05) is 6.07 Å². The molecule has 1 saturated carbocycles. The molecular formula is C16H28N2O3. The summed E-state index contributed by atoms with van der Waals surface area (Å²) in [4.78, 5) is 0. The Morgan fingerprint density at radius 3 is 2.86 bits per heavy atom. The third-order valence-electron chi connectivity index (χ3n) is 4.08. The van der Waals surface area contributed by atoms with Crippen LogP contribution in [0.3, 0.4) is 0 Å². The first-order valence-corrected chi connectivity index (χ1v) is 8.08. The van der Waals surface area contributed by atoms with Crippen molar-refractivity contribution in [3.8, 4) is 0 Å². The summed E-state index contributed by atoms with van der Waals surface area (Å²) in [5.41, 5.74) is 0.977. The van der Waals surface area contributed by atoms with E-state index in [2.05, 4.69) is 16.0 Å². The molecule has 2 rings (SSSR count). The highest BCUT2D eigenvalue weighted by molar-refractivity contribution is 5.01. The molecule has 1 atom stereocenters. The van der Waals surface area contributed by atoms with E-state index in [-0.39, 0.29) is 6.10 Å². The van der Waals surface area contributed by atoms with Gasteiger partial charge in [0.15, 0.2) is 0 Å². The molecule has 0 amide bonds. The molecule has 1 aromatic rings. The zero-order valence-electron chi connectivity index (χ0n) is 13.0. The molecule has 0 spiro atoms. The molecule has 21 heavy (non-hydrogen) atoms. The van der Waals surface area contributed by atoms with Gasteiger partial charge in [0.05, 0.1) is 31.1 Å². The summed E-state index contributed by atoms with van der Waals surface area (Å²) >= 11 is 0. The normalized spacial score (nSPS) is 18.0. The van der Waals surface area contributed by atoms with Gasteiger partial charge in [0.2, 0.25) is 0 Å². The van der Waals surface area contributed by atoms with E-state index >= 15 is 0 Å². The van der Waals surface area contributed by atoms with Crippen molar-refractivity contribution in [1.29, 1.82) is 0 Å². The molecule has 0 radical (unpaired) electrons. The molecule has 0 saturated heterocycles. The number of aromatic nitrogens is 2. The van der Waals surface area contributed by atoms with Crippen LogP contribution < -0.4 is 0 Å². The largest absolute Gasteiger partial charge is 0.393 e. The Kier molecular flexibility index (Phi) is 7.19. The summed E-state index contributed by atoms with van der Waals surface area (Å²) in [6.07, 6.45) is 9.35. The van der Waals surface area contributed by atoms with Crippen LogP contribution in [0.2, 0.25) is 0 Å². The number of rotatable bonds is 9. The third-order valence-corrected chi connectivity index (χ3v) is 4.08. The van der Waals surface area contributed by atoms with E-state index in [4.69, 9.17) is 9.47 Å². The first kappa shape index (κ1) is 16.5. The summed E-state index contributed by atoms with van der Waals surface area (Å²) in [7, 11) is 1.65. The van der Waals surface area contributed by atoms with E-state index in [1.54, 1.807) is 7.11 Å². The second-order valence-electron chi connectivity index (χ2n) is 5.83. The van der Waals surface area contributed by atoms with E-state index in [0.29, 0.717) is 38.7 Å². The van der Waals surface area contributed by atoms with Crippen molar-refractivity contribution in [1.82, 2.24) is 9.78 Å². The van der Waals surface area contributed by atoms with Gasteiger partial charge >= 0.3 is 0 Å². The van der Waals surface area contributed by atoms with Crippen molar-refractivity contribution >= 4 is 0 Å². The zero-order chi connectivity index (χ0) is 14.9. The highest BCUT2D eigenvalue weighted by atomic mass is 16.5. The van der Waals surface area contributed by atoms with Gasteiger partial charge in [0.25, 0.3) is 0 Å². The van der Waals surface area contributed by atoms with Gasteiger partial charge in [-0.1, -0.05) is 19.3 Å². The fraction of sp³-hybridized carbons (Fsp3) is 0.812. The molecule has 120 valence electrons. The van der Waals surface area contributed by atoms with Gasteiger partial charge in [-0.3, -0.25) is 4.68 Å². The predicted octanol–water partition coefficient (Wildman–Crippen LogP) is 2.34. The van der Waals surface area contributed by atoms with Gasteiger partial charge in [-0.05, 0) is 25.3 Å². The maximum absolute atomic E-state index is 10.0. The highest BCUT2D eigenvalue weighted by Crippen LogP contribution is 2.27. The Bertz CT molecular complexity index is 389. The molecule has 1 fully saturated rings. The number of aliphatic hydroxyl groups excluding tert-OH is 1. The standard InChI is InChI=1S/C16H28N2O3/c1-20-11-12-21-10-8-16(19)13-14-7-9-18(17-14)15-5-3-2-4-6-15/h7,9,15-16,19H,2-6,8,10-13H2,1H3. The summed E-state index contributed by atoms with van der Waals surface area (Å²) in [6.45, 7) is 1.75. The van der Waals surface area contributed by atoms with Gasteiger partial charge in [-0.25, -0.2) is 0 Å². The molecule has 1 aromatic heterocycles. The SMILES string of the molecule is COCCOCCC(O)Cc1ccn(C2CCCCC2)n1. The molecule has 1 N–H and O–H groups in total. The maximum atomic E-state index is 10.0. The summed E-state index contributed by atoms with van der Waals surface area (Å²) in [6, 6.07) is 2.59. The molecule has 1 unspecified atom stereocenters. The van der Waals surface area contributed by atoms with Crippen LogP contribution in [-0.4, -0.2) is 47.9 Å². The Hall–Kier alpha value is -0.910. The van der Waals surface area contributed by atoms with Crippen molar-refractivity contribution < 1.29 is 14.6 Å². The van der Waals surface area contributed by atoms with Crippen LogP contribution >= 0.6 is 0 Å². The first-order chi connectivity index (χ1) is 10.3. The number of nitrogens with zero attached hydrogens (tertiary/aromatic N) is 2. The van der Waals surface area contributed by atoms with Crippen LogP contribution in [0.4, 0.5) is 0 Å². The number of aliphatic hydroxyl groups is 1. The minimum Gasteiger partial charge on any atom is -0.393 e. The third kappa shape index (κ3) is 5.77. The molecule has 0 bridgehead atoms. The molecule has 1 aliphatic carbocycles. The van der Waals surface area contributed by atoms with Crippen LogP contribution in [0.15, 0.2) is 12.3 Å². The van der Waals surface area contributed by atoms with Gasteiger partial charge in [0.1, 0.15) is 0 Å². The predicted molar refractivity (Wildman–Crippen MR) is 81.4 cm³/mol. The minimum atomic E-state index is -0.387. The van der Waals surface area contributed by atoms with Gasteiger partial charge < -0.3 is 14.6 Å². The smallest absolute Gasteiger partial charge is 0.0700 e. The Morgan fingerprint density at radius 2 is 2.10 bits per heavy atom. The van der Waals surface area contributed by atoms with Gasteiger partial charge in [-0.2, -0.15) is 5.10 Å². The van der Waals surface area contributed by atoms with E-state index in [1.165, 1.54) is 32.1 Å². The van der Waals surface area contributed by atoms with Crippen LogP contribution in [0.25, 0.3) is 0 Å². The molecule has 5 heteroatoms. The molecule has 1 aliphatic rings. The van der Waals surface area contributed by atoms with E-state index in [0.717, 1.165) is 5.69 Å². The quantitative estimate of drug-likeness (QED) is 0.711. The molecule has 5 nitrogen and oxygen atoms in total. The monoisotopic (exact) mass is 296 g/mol. The maximum Gasteiger partial charge on any atom is 0.0700 e. The molecule has 0 aromatic carbocycles. The van der Waals surface area contributed by atoms with Crippen molar-refractivity contribution in [2.75, 3.05) is 26.9 Å². The van der Waals surface area contributed by atoms with E-state index < -0.39 is 0 Å². The lowest BCUT2D eigenvalue weighted by Gasteiger charge is -2.21. The minimum absolute atomic E-state index is 0.387. The summed E-state index contributed by atoms with van der Waals surface area (Å²) in [5.74, 6) is 0. The fourth-order valence-electron chi connectivity index (χ4n) is 2.84. The van der Waals surface area contributed by atoms with Crippen LogP contribution in [0.1, 0.15) is 50.3 Å². The van der Waals surface area contributed by atoms with Gasteiger partial charge in [-0.15, -0.1) is 0 Å². The lowest BCUT2D eigenvalue weighted by Crippen LogP contribution is -2.16. The highest BCUT2D eigenvalue weighted by Gasteiger charge is 2.16. The van der Waals surface area contributed by atoms with Crippen molar-refractivity contribution in [3.05, 3.63) is 18.0 Å². The number of ether oxygens (including phenoxy) is 2. The van der Waals surface area contributed by atoms with Crippen LogP contribution in [-0.2, 0) is 15.9 Å². The average molecular weight is 296 g/mol. The van der Waals surface area contributed by atoms with Crippen LogP contribution in [0, 0.1) is 0 Å². The fourth-order valence-corrected chi connectivity index (χ4v) is 2.84.